The molecular formula is C16H20N2O2. The van der Waals surface area contributed by atoms with Crippen LogP contribution in [0.1, 0.15) is 24.2 Å². The normalized spacial score (nSPS) is 11.6. The first kappa shape index (κ1) is 14.3. The van der Waals surface area contributed by atoms with Gasteiger partial charge in [0.2, 0.25) is 0 Å². The first-order valence-corrected chi connectivity index (χ1v) is 6.53. The van der Waals surface area contributed by atoms with Gasteiger partial charge >= 0.3 is 0 Å². The molecule has 0 spiro atoms. The van der Waals surface area contributed by atoms with E-state index in [-0.39, 0.29) is 5.91 Å². The first-order chi connectivity index (χ1) is 9.43. The third-order valence-corrected chi connectivity index (χ3v) is 3.12. The molecule has 0 aliphatic rings. The Morgan fingerprint density at radius 1 is 1.25 bits per heavy atom. The molecule has 2 aromatic rings. The molecule has 0 heterocycles. The van der Waals surface area contributed by atoms with Crippen molar-refractivity contribution in [3.05, 3.63) is 42.0 Å². The van der Waals surface area contributed by atoms with Crippen LogP contribution in [0.2, 0.25) is 0 Å². The van der Waals surface area contributed by atoms with Crippen molar-refractivity contribution in [2.24, 2.45) is 0 Å². The number of nitrogens with one attached hydrogen (secondary N) is 1. The van der Waals surface area contributed by atoms with Gasteiger partial charge in [0.1, 0.15) is 0 Å². The number of amides is 1. The van der Waals surface area contributed by atoms with Gasteiger partial charge < -0.3 is 15.8 Å². The van der Waals surface area contributed by atoms with Crippen molar-refractivity contribution in [1.29, 1.82) is 0 Å². The zero-order valence-electron chi connectivity index (χ0n) is 12.1. The molecule has 1 amide bonds. The SMILES string of the molecule is COCC(C)(C)NC(=O)c1cc2ccccc2cc1N. The van der Waals surface area contributed by atoms with Crippen molar-refractivity contribution in [2.75, 3.05) is 19.5 Å². The van der Waals surface area contributed by atoms with Crippen LogP contribution in [0.15, 0.2) is 36.4 Å². The van der Waals surface area contributed by atoms with Gasteiger partial charge in [0.05, 0.1) is 17.7 Å². The number of rotatable bonds is 4. The maximum absolute atomic E-state index is 12.4. The van der Waals surface area contributed by atoms with Gasteiger partial charge in [-0.05, 0) is 36.8 Å². The second-order valence-electron chi connectivity index (χ2n) is 5.56. The summed E-state index contributed by atoms with van der Waals surface area (Å²) in [5.74, 6) is -0.185. The molecule has 0 fully saturated rings. The van der Waals surface area contributed by atoms with E-state index in [0.717, 1.165) is 10.8 Å². The van der Waals surface area contributed by atoms with Gasteiger partial charge in [-0.2, -0.15) is 0 Å². The summed E-state index contributed by atoms with van der Waals surface area (Å²) in [6.07, 6.45) is 0. The Bertz CT molecular complexity index is 635. The molecule has 106 valence electrons. The third kappa shape index (κ3) is 3.08. The molecule has 20 heavy (non-hydrogen) atoms. The molecule has 0 bridgehead atoms. The highest BCUT2D eigenvalue weighted by Gasteiger charge is 2.22. The zero-order chi connectivity index (χ0) is 14.8. The number of anilines is 1. The lowest BCUT2D eigenvalue weighted by Crippen LogP contribution is -2.46. The molecule has 2 rings (SSSR count). The number of nitrogen functional groups attached to an aromatic ring is 1. The monoisotopic (exact) mass is 272 g/mol. The van der Waals surface area contributed by atoms with E-state index in [1.54, 1.807) is 7.11 Å². The fourth-order valence-corrected chi connectivity index (χ4v) is 2.23. The first-order valence-electron chi connectivity index (χ1n) is 6.53. The van der Waals surface area contributed by atoms with Crippen LogP contribution in [-0.4, -0.2) is 25.2 Å². The number of methoxy groups -OCH3 is 1. The Hall–Kier alpha value is -2.07. The number of nitrogens with two attached hydrogens (primary N) is 1. The minimum Gasteiger partial charge on any atom is -0.398 e. The van der Waals surface area contributed by atoms with Crippen LogP contribution >= 0.6 is 0 Å². The fourth-order valence-electron chi connectivity index (χ4n) is 2.23. The standard InChI is InChI=1S/C16H20N2O2/c1-16(2,10-20-3)18-15(19)13-8-11-6-4-5-7-12(11)9-14(13)17/h4-9H,10,17H2,1-3H3,(H,18,19). The summed E-state index contributed by atoms with van der Waals surface area (Å²) in [5.41, 5.74) is 6.52. The van der Waals surface area contributed by atoms with Crippen molar-refractivity contribution in [3.63, 3.8) is 0 Å². The summed E-state index contributed by atoms with van der Waals surface area (Å²) in [7, 11) is 1.61. The summed E-state index contributed by atoms with van der Waals surface area (Å²) in [4.78, 5) is 12.4. The van der Waals surface area contributed by atoms with E-state index in [1.165, 1.54) is 0 Å². The molecule has 4 heteroatoms. The summed E-state index contributed by atoms with van der Waals surface area (Å²) in [6.45, 7) is 4.25. The van der Waals surface area contributed by atoms with Crippen molar-refractivity contribution < 1.29 is 9.53 Å². The average molecular weight is 272 g/mol. The van der Waals surface area contributed by atoms with Crippen LogP contribution in [0.3, 0.4) is 0 Å². The predicted molar refractivity (Wildman–Crippen MR) is 81.8 cm³/mol. The van der Waals surface area contributed by atoms with E-state index in [0.29, 0.717) is 17.9 Å². The molecule has 4 nitrogen and oxygen atoms in total. The highest BCUT2D eigenvalue weighted by atomic mass is 16.5. The van der Waals surface area contributed by atoms with Crippen LogP contribution in [-0.2, 0) is 4.74 Å². The topological polar surface area (TPSA) is 64.3 Å². The number of benzene rings is 2. The fraction of sp³-hybridized carbons (Fsp3) is 0.312. The van der Waals surface area contributed by atoms with E-state index in [1.807, 2.05) is 50.2 Å². The molecular weight excluding hydrogens is 252 g/mol. The maximum atomic E-state index is 12.4. The lowest BCUT2D eigenvalue weighted by Gasteiger charge is -2.25. The molecule has 0 atom stereocenters. The van der Waals surface area contributed by atoms with Crippen LogP contribution in [0.5, 0.6) is 0 Å². The van der Waals surface area contributed by atoms with Crippen molar-refractivity contribution in [3.8, 4) is 0 Å². The number of fused-ring (bicyclic) bond motifs is 1. The Morgan fingerprint density at radius 3 is 2.45 bits per heavy atom. The van der Waals surface area contributed by atoms with E-state index in [9.17, 15) is 4.79 Å². The smallest absolute Gasteiger partial charge is 0.253 e. The van der Waals surface area contributed by atoms with Crippen molar-refractivity contribution in [1.82, 2.24) is 5.32 Å². The number of hydrogen-bond donors (Lipinski definition) is 2. The van der Waals surface area contributed by atoms with Crippen molar-refractivity contribution >= 4 is 22.4 Å². The summed E-state index contributed by atoms with van der Waals surface area (Å²) in [5, 5.41) is 4.96. The molecule has 0 aromatic heterocycles. The molecule has 2 aromatic carbocycles. The highest BCUT2D eigenvalue weighted by molar-refractivity contribution is 6.04. The number of hydrogen-bond acceptors (Lipinski definition) is 3. The maximum Gasteiger partial charge on any atom is 0.253 e. The largest absolute Gasteiger partial charge is 0.398 e. The molecule has 0 aliphatic carbocycles. The molecule has 0 radical (unpaired) electrons. The molecule has 0 saturated carbocycles. The molecule has 0 aliphatic heterocycles. The average Bonchev–Trinajstić information content (AvgIpc) is 2.37. The lowest BCUT2D eigenvalue weighted by molar-refractivity contribution is 0.0821. The van der Waals surface area contributed by atoms with Crippen molar-refractivity contribution in [2.45, 2.75) is 19.4 Å². The van der Waals surface area contributed by atoms with Crippen LogP contribution in [0.25, 0.3) is 10.8 Å². The van der Waals surface area contributed by atoms with E-state index < -0.39 is 5.54 Å². The van der Waals surface area contributed by atoms with Gasteiger partial charge in [0.25, 0.3) is 5.91 Å². The van der Waals surface area contributed by atoms with Crippen LogP contribution in [0.4, 0.5) is 5.69 Å². The van der Waals surface area contributed by atoms with Gasteiger partial charge in [-0.1, -0.05) is 24.3 Å². The Kier molecular flexibility index (Phi) is 3.95. The number of carbonyl (C=O) groups excluding carboxylic acids is 1. The minimum absolute atomic E-state index is 0.185. The minimum atomic E-state index is -0.441. The second-order valence-corrected chi connectivity index (χ2v) is 5.56. The van der Waals surface area contributed by atoms with Gasteiger partial charge in [0.15, 0.2) is 0 Å². The number of ether oxygens (including phenoxy) is 1. The van der Waals surface area contributed by atoms with Gasteiger partial charge in [-0.15, -0.1) is 0 Å². The summed E-state index contributed by atoms with van der Waals surface area (Å²) < 4.78 is 5.10. The van der Waals surface area contributed by atoms with Crippen LogP contribution < -0.4 is 11.1 Å². The van der Waals surface area contributed by atoms with E-state index in [2.05, 4.69) is 5.32 Å². The van der Waals surface area contributed by atoms with E-state index in [4.69, 9.17) is 10.5 Å². The summed E-state index contributed by atoms with van der Waals surface area (Å²) in [6, 6.07) is 11.5. The molecule has 0 saturated heterocycles. The third-order valence-electron chi connectivity index (χ3n) is 3.12. The quantitative estimate of drug-likeness (QED) is 0.841. The summed E-state index contributed by atoms with van der Waals surface area (Å²) >= 11 is 0. The van der Waals surface area contributed by atoms with E-state index >= 15 is 0 Å². The van der Waals surface area contributed by atoms with Gasteiger partial charge in [0, 0.05) is 12.8 Å². The van der Waals surface area contributed by atoms with Gasteiger partial charge in [-0.25, -0.2) is 0 Å². The zero-order valence-corrected chi connectivity index (χ0v) is 12.1. The van der Waals surface area contributed by atoms with Crippen LogP contribution in [0, 0.1) is 0 Å². The molecule has 0 unspecified atom stereocenters. The molecule has 3 N–H and O–H groups in total. The highest BCUT2D eigenvalue weighted by Crippen LogP contribution is 2.22. The second kappa shape index (κ2) is 5.51. The number of carbonyl (C=O) groups is 1. The predicted octanol–water partition coefficient (Wildman–Crippen LogP) is 2.58. The lowest BCUT2D eigenvalue weighted by atomic mass is 10.0. The van der Waals surface area contributed by atoms with Gasteiger partial charge in [-0.3, -0.25) is 4.79 Å². The Balaban J connectivity index is 2.32. The Morgan fingerprint density at radius 2 is 1.85 bits per heavy atom. The Labute approximate surface area is 118 Å².